The maximum absolute atomic E-state index is 3.55. The molecule has 0 spiro atoms. The quantitative estimate of drug-likeness (QED) is 0.590. The highest BCUT2D eigenvalue weighted by Crippen LogP contribution is 2.22. The Labute approximate surface area is 95.3 Å². The molecule has 0 aliphatic carbocycles. The summed E-state index contributed by atoms with van der Waals surface area (Å²) < 4.78 is 1.42. The van der Waals surface area contributed by atoms with Gasteiger partial charge >= 0.3 is 0 Å². The van der Waals surface area contributed by atoms with E-state index in [9.17, 15) is 0 Å². The van der Waals surface area contributed by atoms with Gasteiger partial charge in [-0.2, -0.15) is 0 Å². The maximum Gasteiger partial charge on any atom is 0.0598 e. The number of rotatable bonds is 6. The highest BCUT2D eigenvalue weighted by atomic mass is 32.2. The van der Waals surface area contributed by atoms with Gasteiger partial charge in [-0.25, -0.2) is 0 Å². The third-order valence-corrected chi connectivity index (χ3v) is 4.46. The molecule has 1 N–H and O–H groups in total. The molecule has 0 radical (unpaired) electrons. The molecule has 1 aromatic heterocycles. The van der Waals surface area contributed by atoms with Crippen LogP contribution >= 0.6 is 23.1 Å². The van der Waals surface area contributed by atoms with E-state index in [2.05, 4.69) is 43.6 Å². The lowest BCUT2D eigenvalue weighted by Gasteiger charge is -2.24. The monoisotopic (exact) mass is 229 g/mol. The van der Waals surface area contributed by atoms with Crippen LogP contribution in [0.5, 0.6) is 0 Å². The predicted molar refractivity (Wildman–Crippen MR) is 67.4 cm³/mol. The molecule has 0 aromatic carbocycles. The maximum atomic E-state index is 3.55. The summed E-state index contributed by atoms with van der Waals surface area (Å²) in [7, 11) is 0. The molecule has 1 rings (SSSR count). The van der Waals surface area contributed by atoms with Crippen LogP contribution in [0.3, 0.4) is 0 Å². The summed E-state index contributed by atoms with van der Waals surface area (Å²) >= 11 is 3.76. The van der Waals surface area contributed by atoms with Gasteiger partial charge in [-0.05, 0) is 31.7 Å². The minimum Gasteiger partial charge on any atom is -0.311 e. The van der Waals surface area contributed by atoms with Gasteiger partial charge in [0.05, 0.1) is 4.21 Å². The van der Waals surface area contributed by atoms with E-state index >= 15 is 0 Å². The van der Waals surface area contributed by atoms with Crippen molar-refractivity contribution < 1.29 is 0 Å². The van der Waals surface area contributed by atoms with Gasteiger partial charge in [0.25, 0.3) is 0 Å². The van der Waals surface area contributed by atoms with Crippen molar-refractivity contribution in [3.05, 3.63) is 17.5 Å². The zero-order valence-corrected chi connectivity index (χ0v) is 10.8. The Morgan fingerprint density at radius 3 is 2.86 bits per heavy atom. The summed E-state index contributed by atoms with van der Waals surface area (Å²) in [6.45, 7) is 7.81. The number of hydrogen-bond donors (Lipinski definition) is 1. The third kappa shape index (κ3) is 4.49. The second-order valence-corrected chi connectivity index (χ2v) is 6.29. The standard InChI is InChI=1S/C11H19NS2/c1-4-11(2,3)12-7-9-14-10-6-5-8-13-10/h5-6,8,12H,4,7,9H2,1-3H3. The number of hydrogen-bond acceptors (Lipinski definition) is 3. The van der Waals surface area contributed by atoms with E-state index in [0.717, 1.165) is 12.3 Å². The van der Waals surface area contributed by atoms with Crippen LogP contribution in [-0.2, 0) is 0 Å². The number of thiophene rings is 1. The SMILES string of the molecule is CCC(C)(C)NCCSc1cccs1. The van der Waals surface area contributed by atoms with Crippen LogP contribution in [0.15, 0.2) is 21.7 Å². The van der Waals surface area contributed by atoms with Crippen molar-refractivity contribution in [2.24, 2.45) is 0 Å². The highest BCUT2D eigenvalue weighted by molar-refractivity contribution is 8.01. The van der Waals surface area contributed by atoms with Gasteiger partial charge in [0.2, 0.25) is 0 Å². The van der Waals surface area contributed by atoms with E-state index in [1.165, 1.54) is 10.6 Å². The molecule has 0 aliphatic rings. The molecule has 14 heavy (non-hydrogen) atoms. The largest absolute Gasteiger partial charge is 0.311 e. The third-order valence-electron chi connectivity index (χ3n) is 2.33. The van der Waals surface area contributed by atoms with Crippen molar-refractivity contribution in [1.29, 1.82) is 0 Å². The van der Waals surface area contributed by atoms with Crippen LogP contribution in [0.4, 0.5) is 0 Å². The molecule has 0 bridgehead atoms. The first kappa shape index (κ1) is 12.1. The Kier molecular flexibility index (Phi) is 4.99. The molecule has 80 valence electrons. The summed E-state index contributed by atoms with van der Waals surface area (Å²) in [6, 6.07) is 4.29. The first-order chi connectivity index (χ1) is 6.64. The average Bonchev–Trinajstić information content (AvgIpc) is 2.65. The molecule has 1 nitrogen and oxygen atoms in total. The molecule has 0 saturated heterocycles. The molecule has 1 heterocycles. The summed E-state index contributed by atoms with van der Waals surface area (Å²) in [5, 5.41) is 5.69. The lowest BCUT2D eigenvalue weighted by molar-refractivity contribution is 0.388. The molecule has 0 fully saturated rings. The molecule has 0 aliphatic heterocycles. The Bertz CT molecular complexity index is 242. The lowest BCUT2D eigenvalue weighted by Crippen LogP contribution is -2.39. The van der Waals surface area contributed by atoms with Crippen molar-refractivity contribution in [3.63, 3.8) is 0 Å². The van der Waals surface area contributed by atoms with Crippen molar-refractivity contribution in [2.75, 3.05) is 12.3 Å². The second kappa shape index (κ2) is 5.79. The van der Waals surface area contributed by atoms with Gasteiger partial charge in [-0.3, -0.25) is 0 Å². The topological polar surface area (TPSA) is 12.0 Å². The Hall–Kier alpha value is 0.01000. The van der Waals surface area contributed by atoms with E-state index in [1.54, 1.807) is 0 Å². The van der Waals surface area contributed by atoms with Crippen LogP contribution in [0.2, 0.25) is 0 Å². The van der Waals surface area contributed by atoms with Crippen LogP contribution in [0.25, 0.3) is 0 Å². The Morgan fingerprint density at radius 2 is 2.29 bits per heavy atom. The summed E-state index contributed by atoms with van der Waals surface area (Å²) in [4.78, 5) is 0. The smallest absolute Gasteiger partial charge is 0.0598 e. The minimum absolute atomic E-state index is 0.288. The summed E-state index contributed by atoms with van der Waals surface area (Å²) in [6.07, 6.45) is 1.18. The number of thioether (sulfide) groups is 1. The lowest BCUT2D eigenvalue weighted by atomic mass is 10.0. The second-order valence-electron chi connectivity index (χ2n) is 3.94. The van der Waals surface area contributed by atoms with Gasteiger partial charge < -0.3 is 5.32 Å². The van der Waals surface area contributed by atoms with E-state index in [4.69, 9.17) is 0 Å². The fourth-order valence-electron chi connectivity index (χ4n) is 1.01. The molecular formula is C11H19NS2. The van der Waals surface area contributed by atoms with E-state index in [-0.39, 0.29) is 5.54 Å². The van der Waals surface area contributed by atoms with Crippen LogP contribution in [-0.4, -0.2) is 17.8 Å². The van der Waals surface area contributed by atoms with Gasteiger partial charge in [-0.15, -0.1) is 23.1 Å². The molecule has 0 saturated carbocycles. The van der Waals surface area contributed by atoms with E-state index in [0.29, 0.717) is 0 Å². The van der Waals surface area contributed by atoms with Gasteiger partial charge in [-0.1, -0.05) is 13.0 Å². The van der Waals surface area contributed by atoms with E-state index < -0.39 is 0 Å². The highest BCUT2D eigenvalue weighted by Gasteiger charge is 2.12. The minimum atomic E-state index is 0.288. The molecule has 0 unspecified atom stereocenters. The van der Waals surface area contributed by atoms with Crippen LogP contribution < -0.4 is 5.32 Å². The number of nitrogens with one attached hydrogen (secondary N) is 1. The molecule has 3 heteroatoms. The van der Waals surface area contributed by atoms with Gasteiger partial charge in [0.15, 0.2) is 0 Å². The first-order valence-electron chi connectivity index (χ1n) is 5.05. The summed E-state index contributed by atoms with van der Waals surface area (Å²) in [5.74, 6) is 1.16. The van der Waals surface area contributed by atoms with Gasteiger partial charge in [0, 0.05) is 17.8 Å². The predicted octanol–water partition coefficient (Wildman–Crippen LogP) is 3.62. The normalized spacial score (nSPS) is 11.9. The van der Waals surface area contributed by atoms with Crippen molar-refractivity contribution in [3.8, 4) is 0 Å². The summed E-state index contributed by atoms with van der Waals surface area (Å²) in [5.41, 5.74) is 0.288. The fraction of sp³-hybridized carbons (Fsp3) is 0.636. The van der Waals surface area contributed by atoms with Crippen LogP contribution in [0.1, 0.15) is 27.2 Å². The molecular weight excluding hydrogens is 210 g/mol. The molecule has 0 atom stereocenters. The van der Waals surface area contributed by atoms with Crippen molar-refractivity contribution in [2.45, 2.75) is 36.9 Å². The first-order valence-corrected chi connectivity index (χ1v) is 6.92. The van der Waals surface area contributed by atoms with Gasteiger partial charge in [0.1, 0.15) is 0 Å². The fourth-order valence-corrected chi connectivity index (χ4v) is 2.73. The Morgan fingerprint density at radius 1 is 1.50 bits per heavy atom. The van der Waals surface area contributed by atoms with Crippen LogP contribution in [0, 0.1) is 0 Å². The molecule has 0 amide bonds. The van der Waals surface area contributed by atoms with Crippen molar-refractivity contribution >= 4 is 23.1 Å². The average molecular weight is 229 g/mol. The molecule has 1 aromatic rings. The van der Waals surface area contributed by atoms with Crippen molar-refractivity contribution in [1.82, 2.24) is 5.32 Å². The van der Waals surface area contributed by atoms with E-state index in [1.807, 2.05) is 23.1 Å². The zero-order chi connectivity index (χ0) is 10.4. The zero-order valence-electron chi connectivity index (χ0n) is 9.17. The Balaban J connectivity index is 2.11.